The van der Waals surface area contributed by atoms with Crippen molar-refractivity contribution in [2.75, 3.05) is 13.2 Å². The molecular formula is C25H19FN2O4. The van der Waals surface area contributed by atoms with Gasteiger partial charge in [0, 0.05) is 28.7 Å². The van der Waals surface area contributed by atoms with Gasteiger partial charge >= 0.3 is 0 Å². The van der Waals surface area contributed by atoms with Crippen LogP contribution in [0.2, 0.25) is 0 Å². The molecule has 0 saturated carbocycles. The second-order valence-electron chi connectivity index (χ2n) is 6.96. The fourth-order valence-corrected chi connectivity index (χ4v) is 3.39. The van der Waals surface area contributed by atoms with Gasteiger partial charge in [0.15, 0.2) is 5.78 Å². The molecular weight excluding hydrogens is 411 g/mol. The Morgan fingerprint density at radius 2 is 1.94 bits per heavy atom. The molecule has 160 valence electrons. The molecule has 7 heteroatoms. The second-order valence-corrected chi connectivity index (χ2v) is 6.96. The number of hydrogen-bond acceptors (Lipinski definition) is 5. The van der Waals surface area contributed by atoms with Gasteiger partial charge in [-0.25, -0.2) is 9.37 Å². The SMILES string of the molecule is O=C(/C=C/c1ccc(OCCO)nc1)c1c(-c2ccccc2)c2cc(F)ccc2[nH]c1=O. The molecule has 32 heavy (non-hydrogen) atoms. The number of aliphatic hydroxyl groups excluding tert-OH is 1. The molecule has 0 aliphatic carbocycles. The molecule has 0 unspecified atom stereocenters. The minimum absolute atomic E-state index is 0.0681. The number of ketones is 1. The predicted molar refractivity (Wildman–Crippen MR) is 120 cm³/mol. The van der Waals surface area contributed by atoms with E-state index in [1.54, 1.807) is 36.4 Å². The van der Waals surface area contributed by atoms with E-state index in [9.17, 15) is 14.0 Å². The van der Waals surface area contributed by atoms with E-state index in [-0.39, 0.29) is 18.8 Å². The van der Waals surface area contributed by atoms with E-state index in [0.29, 0.717) is 33.5 Å². The van der Waals surface area contributed by atoms with Crippen molar-refractivity contribution in [1.29, 1.82) is 0 Å². The number of H-pyrrole nitrogens is 1. The number of ether oxygens (including phenoxy) is 1. The zero-order valence-corrected chi connectivity index (χ0v) is 16.9. The van der Waals surface area contributed by atoms with E-state index in [1.165, 1.54) is 36.5 Å². The van der Waals surface area contributed by atoms with Crippen molar-refractivity contribution in [2.45, 2.75) is 0 Å². The highest BCUT2D eigenvalue weighted by molar-refractivity contribution is 6.15. The summed E-state index contributed by atoms with van der Waals surface area (Å²) in [7, 11) is 0. The Morgan fingerprint density at radius 3 is 2.66 bits per heavy atom. The third-order valence-electron chi connectivity index (χ3n) is 4.81. The molecule has 0 amide bonds. The van der Waals surface area contributed by atoms with Gasteiger partial charge in [0.05, 0.1) is 12.2 Å². The van der Waals surface area contributed by atoms with E-state index >= 15 is 0 Å². The summed E-state index contributed by atoms with van der Waals surface area (Å²) in [6.07, 6.45) is 4.33. The molecule has 2 aromatic heterocycles. The number of allylic oxidation sites excluding steroid dienone is 1. The number of halogens is 1. The minimum Gasteiger partial charge on any atom is -0.475 e. The van der Waals surface area contributed by atoms with Crippen LogP contribution in [0.15, 0.2) is 77.7 Å². The summed E-state index contributed by atoms with van der Waals surface area (Å²) >= 11 is 0. The number of aromatic amines is 1. The average Bonchev–Trinajstić information content (AvgIpc) is 2.82. The van der Waals surface area contributed by atoms with Crippen molar-refractivity contribution in [3.05, 3.63) is 100 Å². The first-order valence-electron chi connectivity index (χ1n) is 9.90. The highest BCUT2D eigenvalue weighted by Crippen LogP contribution is 2.30. The quantitative estimate of drug-likeness (QED) is 0.342. The monoisotopic (exact) mass is 430 g/mol. The molecule has 0 bridgehead atoms. The summed E-state index contributed by atoms with van der Waals surface area (Å²) in [6, 6.07) is 16.3. The maximum absolute atomic E-state index is 14.0. The molecule has 2 N–H and O–H groups in total. The number of carbonyl (C=O) groups excluding carboxylic acids is 1. The van der Waals surface area contributed by atoms with Crippen LogP contribution in [0.3, 0.4) is 0 Å². The number of benzene rings is 2. The smallest absolute Gasteiger partial charge is 0.260 e. The van der Waals surface area contributed by atoms with Crippen molar-refractivity contribution in [3.63, 3.8) is 0 Å². The summed E-state index contributed by atoms with van der Waals surface area (Å²) in [5.74, 6) is -0.635. The van der Waals surface area contributed by atoms with Gasteiger partial charge < -0.3 is 14.8 Å². The summed E-state index contributed by atoms with van der Waals surface area (Å²) in [6.45, 7) is 0.0139. The van der Waals surface area contributed by atoms with Crippen LogP contribution in [-0.2, 0) is 0 Å². The molecule has 0 atom stereocenters. The van der Waals surface area contributed by atoms with Crippen molar-refractivity contribution < 1.29 is 19.0 Å². The van der Waals surface area contributed by atoms with E-state index < -0.39 is 17.2 Å². The van der Waals surface area contributed by atoms with Crippen LogP contribution in [0.4, 0.5) is 4.39 Å². The van der Waals surface area contributed by atoms with Crippen LogP contribution >= 0.6 is 0 Å². The molecule has 4 aromatic rings. The van der Waals surface area contributed by atoms with Gasteiger partial charge in [-0.2, -0.15) is 0 Å². The lowest BCUT2D eigenvalue weighted by molar-refractivity contribution is 0.104. The number of nitrogens with zero attached hydrogens (tertiary/aromatic N) is 1. The van der Waals surface area contributed by atoms with Crippen molar-refractivity contribution in [3.8, 4) is 17.0 Å². The third kappa shape index (κ3) is 4.48. The zero-order valence-electron chi connectivity index (χ0n) is 16.9. The molecule has 6 nitrogen and oxygen atoms in total. The molecule has 0 spiro atoms. The summed E-state index contributed by atoms with van der Waals surface area (Å²) in [5, 5.41) is 9.24. The number of rotatable bonds is 7. The lowest BCUT2D eigenvalue weighted by Crippen LogP contribution is -2.18. The Kier molecular flexibility index (Phi) is 6.19. The number of fused-ring (bicyclic) bond motifs is 1. The van der Waals surface area contributed by atoms with Crippen molar-refractivity contribution in [2.24, 2.45) is 0 Å². The first-order chi connectivity index (χ1) is 15.6. The van der Waals surface area contributed by atoms with Crippen LogP contribution in [0.1, 0.15) is 15.9 Å². The number of aliphatic hydroxyl groups is 1. The van der Waals surface area contributed by atoms with Gasteiger partial charge in [-0.05, 0) is 47.5 Å². The number of pyridine rings is 2. The Morgan fingerprint density at radius 1 is 1.12 bits per heavy atom. The molecule has 0 saturated heterocycles. The lowest BCUT2D eigenvalue weighted by Gasteiger charge is -2.11. The Labute approximate surface area is 182 Å². The first-order valence-corrected chi connectivity index (χ1v) is 9.90. The predicted octanol–water partition coefficient (Wildman–Crippen LogP) is 4.00. The first kappa shape index (κ1) is 21.1. The summed E-state index contributed by atoms with van der Waals surface area (Å²) in [4.78, 5) is 32.7. The lowest BCUT2D eigenvalue weighted by atomic mass is 9.94. The Balaban J connectivity index is 1.76. The van der Waals surface area contributed by atoms with Crippen LogP contribution in [0.5, 0.6) is 5.88 Å². The third-order valence-corrected chi connectivity index (χ3v) is 4.81. The summed E-state index contributed by atoms with van der Waals surface area (Å²) in [5.41, 5.74) is 1.46. The van der Waals surface area contributed by atoms with Gasteiger partial charge in [0.1, 0.15) is 12.4 Å². The molecule has 0 aliphatic rings. The highest BCUT2D eigenvalue weighted by atomic mass is 19.1. The number of aromatic nitrogens is 2. The fourth-order valence-electron chi connectivity index (χ4n) is 3.39. The normalized spacial score (nSPS) is 11.2. The van der Waals surface area contributed by atoms with E-state index in [4.69, 9.17) is 9.84 Å². The van der Waals surface area contributed by atoms with Crippen LogP contribution in [0, 0.1) is 5.82 Å². The number of nitrogens with one attached hydrogen (secondary N) is 1. The molecule has 0 aliphatic heterocycles. The molecule has 2 aromatic carbocycles. The van der Waals surface area contributed by atoms with Gasteiger partial charge in [0.2, 0.25) is 5.88 Å². The molecule has 0 fully saturated rings. The largest absolute Gasteiger partial charge is 0.475 e. The van der Waals surface area contributed by atoms with E-state index in [1.807, 2.05) is 6.07 Å². The summed E-state index contributed by atoms with van der Waals surface area (Å²) < 4.78 is 19.2. The van der Waals surface area contributed by atoms with Crippen molar-refractivity contribution >= 4 is 22.8 Å². The molecule has 4 rings (SSSR count). The topological polar surface area (TPSA) is 92.3 Å². The van der Waals surface area contributed by atoms with Gasteiger partial charge in [-0.15, -0.1) is 0 Å². The standard InChI is InChI=1S/C25H19FN2O4/c26-18-8-9-20-19(14-18)23(17-4-2-1-3-5-17)24(25(31)28-20)21(30)10-6-16-7-11-22(27-15-16)32-13-12-29/h1-11,14-15,29H,12-13H2,(H,28,31)/b10-6+. The average molecular weight is 430 g/mol. The van der Waals surface area contributed by atoms with Crippen LogP contribution in [-0.4, -0.2) is 34.1 Å². The number of hydrogen-bond donors (Lipinski definition) is 2. The Hall–Kier alpha value is -4.10. The van der Waals surface area contributed by atoms with Crippen LogP contribution < -0.4 is 10.3 Å². The maximum Gasteiger partial charge on any atom is 0.260 e. The second kappa shape index (κ2) is 9.36. The van der Waals surface area contributed by atoms with Gasteiger partial charge in [-0.1, -0.05) is 30.3 Å². The van der Waals surface area contributed by atoms with Crippen LogP contribution in [0.25, 0.3) is 28.1 Å². The molecule has 0 radical (unpaired) electrons. The minimum atomic E-state index is -0.552. The van der Waals surface area contributed by atoms with Gasteiger partial charge in [-0.3, -0.25) is 9.59 Å². The number of carbonyl (C=O) groups is 1. The maximum atomic E-state index is 14.0. The fraction of sp³-hybridized carbons (Fsp3) is 0.0800. The van der Waals surface area contributed by atoms with E-state index in [0.717, 1.165) is 0 Å². The highest BCUT2D eigenvalue weighted by Gasteiger charge is 2.19. The zero-order chi connectivity index (χ0) is 22.5. The van der Waals surface area contributed by atoms with Gasteiger partial charge in [0.25, 0.3) is 5.56 Å². The Bertz CT molecular complexity index is 1350. The molecule has 2 heterocycles. The van der Waals surface area contributed by atoms with E-state index in [2.05, 4.69) is 9.97 Å². The van der Waals surface area contributed by atoms with Crippen molar-refractivity contribution in [1.82, 2.24) is 9.97 Å².